The second-order valence-corrected chi connectivity index (χ2v) is 6.41. The second-order valence-electron chi connectivity index (χ2n) is 5.44. The Balaban J connectivity index is 1.62. The van der Waals surface area contributed by atoms with Crippen LogP contribution in [0.3, 0.4) is 0 Å². The van der Waals surface area contributed by atoms with Crippen molar-refractivity contribution < 1.29 is 0 Å². The third-order valence-electron chi connectivity index (χ3n) is 3.86. The van der Waals surface area contributed by atoms with E-state index in [-0.39, 0.29) is 0 Å². The first-order valence-electron chi connectivity index (χ1n) is 7.74. The highest BCUT2D eigenvalue weighted by Crippen LogP contribution is 2.28. The monoisotopic (exact) mass is 326 g/mol. The molecule has 118 valence electrons. The van der Waals surface area contributed by atoms with Crippen LogP contribution in [-0.2, 0) is 5.75 Å². The lowest BCUT2D eigenvalue weighted by Gasteiger charge is -2.27. The van der Waals surface area contributed by atoms with Crippen LogP contribution in [0.4, 0.5) is 5.95 Å². The molecule has 0 aliphatic carbocycles. The van der Waals surface area contributed by atoms with Gasteiger partial charge in [-0.15, -0.1) is 0 Å². The van der Waals surface area contributed by atoms with Gasteiger partial charge in [0.25, 0.3) is 0 Å². The Bertz CT molecular complexity index is 782. The Labute approximate surface area is 138 Å². The number of nitrogens with one attached hydrogen (secondary N) is 2. The lowest BCUT2D eigenvalue weighted by atomic mass is 10.2. The van der Waals surface area contributed by atoms with Gasteiger partial charge in [-0.05, 0) is 5.56 Å². The zero-order valence-corrected chi connectivity index (χ0v) is 13.5. The van der Waals surface area contributed by atoms with Gasteiger partial charge in [-0.25, -0.2) is 9.97 Å². The summed E-state index contributed by atoms with van der Waals surface area (Å²) in [6.07, 6.45) is 1.69. The number of hydrogen-bond donors (Lipinski definition) is 2. The quantitative estimate of drug-likeness (QED) is 0.565. The van der Waals surface area contributed by atoms with Crippen LogP contribution < -0.4 is 10.2 Å². The fraction of sp³-hybridized carbons (Fsp3) is 0.312. The molecule has 7 heteroatoms. The molecule has 0 spiro atoms. The van der Waals surface area contributed by atoms with Crippen LogP contribution in [0.15, 0.2) is 41.7 Å². The zero-order chi connectivity index (χ0) is 15.5. The van der Waals surface area contributed by atoms with Crippen LogP contribution in [0.1, 0.15) is 5.56 Å². The number of fused-ring (bicyclic) bond motifs is 1. The van der Waals surface area contributed by atoms with E-state index in [0.29, 0.717) is 0 Å². The summed E-state index contributed by atoms with van der Waals surface area (Å²) < 4.78 is 0. The van der Waals surface area contributed by atoms with Gasteiger partial charge in [0.15, 0.2) is 5.65 Å². The van der Waals surface area contributed by atoms with Crippen LogP contribution in [-0.4, -0.2) is 46.1 Å². The van der Waals surface area contributed by atoms with Crippen molar-refractivity contribution >= 4 is 28.9 Å². The first-order chi connectivity index (χ1) is 11.4. The molecule has 1 aliphatic rings. The van der Waals surface area contributed by atoms with E-state index in [9.17, 15) is 0 Å². The summed E-state index contributed by atoms with van der Waals surface area (Å²) in [7, 11) is 0. The Morgan fingerprint density at radius 3 is 2.74 bits per heavy atom. The molecular weight excluding hydrogens is 308 g/mol. The number of thioether (sulfide) groups is 1. The second kappa shape index (κ2) is 6.55. The molecule has 2 aromatic heterocycles. The summed E-state index contributed by atoms with van der Waals surface area (Å²) in [6, 6.07) is 10.4. The van der Waals surface area contributed by atoms with Gasteiger partial charge in [0, 0.05) is 31.9 Å². The maximum atomic E-state index is 4.79. The first kappa shape index (κ1) is 14.5. The molecule has 0 atom stereocenters. The molecule has 0 amide bonds. The van der Waals surface area contributed by atoms with Crippen LogP contribution in [0, 0.1) is 0 Å². The molecule has 1 saturated heterocycles. The largest absolute Gasteiger partial charge is 0.341 e. The van der Waals surface area contributed by atoms with Crippen molar-refractivity contribution in [2.24, 2.45) is 0 Å². The molecule has 1 aliphatic heterocycles. The van der Waals surface area contributed by atoms with E-state index in [1.807, 2.05) is 6.07 Å². The van der Waals surface area contributed by atoms with Gasteiger partial charge in [0.2, 0.25) is 5.95 Å². The fourth-order valence-electron chi connectivity index (χ4n) is 2.63. The Morgan fingerprint density at radius 2 is 1.91 bits per heavy atom. The van der Waals surface area contributed by atoms with Gasteiger partial charge in [-0.3, -0.25) is 0 Å². The fourth-order valence-corrected chi connectivity index (χ4v) is 3.57. The maximum Gasteiger partial charge on any atom is 0.228 e. The van der Waals surface area contributed by atoms with Crippen molar-refractivity contribution in [3.8, 4) is 0 Å². The van der Waals surface area contributed by atoms with E-state index in [0.717, 1.165) is 54.1 Å². The number of imidazole rings is 1. The molecule has 4 rings (SSSR count). The van der Waals surface area contributed by atoms with Gasteiger partial charge >= 0.3 is 0 Å². The highest BCUT2D eigenvalue weighted by atomic mass is 32.2. The lowest BCUT2D eigenvalue weighted by molar-refractivity contribution is 0.579. The third-order valence-corrected chi connectivity index (χ3v) is 4.91. The van der Waals surface area contributed by atoms with Gasteiger partial charge in [-0.2, -0.15) is 4.98 Å². The SMILES string of the molecule is c1ccc(CSc2nc(N3CCNCC3)nc3nc[nH]c23)cc1. The van der Waals surface area contributed by atoms with E-state index < -0.39 is 0 Å². The number of benzene rings is 1. The Hall–Kier alpha value is -2.12. The Morgan fingerprint density at radius 1 is 1.09 bits per heavy atom. The number of hydrogen-bond acceptors (Lipinski definition) is 6. The van der Waals surface area contributed by atoms with E-state index >= 15 is 0 Å². The third kappa shape index (κ3) is 3.16. The van der Waals surface area contributed by atoms with Crippen molar-refractivity contribution in [3.63, 3.8) is 0 Å². The average Bonchev–Trinajstić information content (AvgIpc) is 3.10. The van der Waals surface area contributed by atoms with Gasteiger partial charge in [0.05, 0.1) is 6.33 Å². The summed E-state index contributed by atoms with van der Waals surface area (Å²) in [5.41, 5.74) is 2.95. The van der Waals surface area contributed by atoms with Crippen LogP contribution in [0.5, 0.6) is 0 Å². The van der Waals surface area contributed by atoms with E-state index in [4.69, 9.17) is 4.98 Å². The van der Waals surface area contributed by atoms with Crippen molar-refractivity contribution in [3.05, 3.63) is 42.2 Å². The molecule has 1 aromatic carbocycles. The zero-order valence-electron chi connectivity index (χ0n) is 12.7. The summed E-state index contributed by atoms with van der Waals surface area (Å²) in [6.45, 7) is 3.79. The first-order valence-corrected chi connectivity index (χ1v) is 8.72. The average molecular weight is 326 g/mol. The molecule has 0 unspecified atom stereocenters. The number of rotatable bonds is 4. The number of anilines is 1. The van der Waals surface area contributed by atoms with Crippen molar-refractivity contribution in [2.75, 3.05) is 31.1 Å². The molecule has 0 bridgehead atoms. The Kier molecular flexibility index (Phi) is 4.12. The summed E-state index contributed by atoms with van der Waals surface area (Å²) in [4.78, 5) is 19.1. The number of aromatic amines is 1. The number of nitrogens with zero attached hydrogens (tertiary/aromatic N) is 4. The van der Waals surface area contributed by atoms with E-state index in [1.165, 1.54) is 5.56 Å². The minimum atomic E-state index is 0.740. The summed E-state index contributed by atoms with van der Waals surface area (Å²) in [5, 5.41) is 4.32. The molecular formula is C16H18N6S. The normalized spacial score (nSPS) is 15.2. The smallest absolute Gasteiger partial charge is 0.228 e. The van der Waals surface area contributed by atoms with Crippen molar-refractivity contribution in [2.45, 2.75) is 10.8 Å². The predicted molar refractivity (Wildman–Crippen MR) is 92.8 cm³/mol. The van der Waals surface area contributed by atoms with Gasteiger partial charge in [0.1, 0.15) is 10.5 Å². The minimum absolute atomic E-state index is 0.740. The van der Waals surface area contributed by atoms with E-state index in [2.05, 4.69) is 49.4 Å². The van der Waals surface area contributed by atoms with Gasteiger partial charge in [-0.1, -0.05) is 42.1 Å². The summed E-state index contributed by atoms with van der Waals surface area (Å²) in [5.74, 6) is 1.66. The molecule has 6 nitrogen and oxygen atoms in total. The minimum Gasteiger partial charge on any atom is -0.341 e. The number of aromatic nitrogens is 4. The topological polar surface area (TPSA) is 69.7 Å². The molecule has 3 aromatic rings. The van der Waals surface area contributed by atoms with E-state index in [1.54, 1.807) is 18.1 Å². The van der Waals surface area contributed by atoms with Crippen molar-refractivity contribution in [1.82, 2.24) is 25.3 Å². The standard InChI is InChI=1S/C16H18N6S/c1-2-4-12(5-3-1)10-23-15-13-14(19-11-18-13)20-16(21-15)22-8-6-17-7-9-22/h1-5,11,17H,6-10H2,(H,18,19,20,21). The number of piperazine rings is 1. The lowest BCUT2D eigenvalue weighted by Crippen LogP contribution is -2.44. The molecule has 3 heterocycles. The highest BCUT2D eigenvalue weighted by molar-refractivity contribution is 7.98. The van der Waals surface area contributed by atoms with Crippen LogP contribution in [0.2, 0.25) is 0 Å². The maximum absolute atomic E-state index is 4.79. The van der Waals surface area contributed by atoms with Crippen LogP contribution in [0.25, 0.3) is 11.2 Å². The van der Waals surface area contributed by atoms with Crippen molar-refractivity contribution in [1.29, 1.82) is 0 Å². The molecule has 2 N–H and O–H groups in total. The predicted octanol–water partition coefficient (Wildman–Crippen LogP) is 2.05. The molecule has 0 saturated carbocycles. The summed E-state index contributed by atoms with van der Waals surface area (Å²) >= 11 is 1.72. The van der Waals surface area contributed by atoms with Crippen LogP contribution >= 0.6 is 11.8 Å². The van der Waals surface area contributed by atoms with Gasteiger partial charge < -0.3 is 15.2 Å². The molecule has 1 fully saturated rings. The molecule has 23 heavy (non-hydrogen) atoms. The molecule has 0 radical (unpaired) electrons. The number of H-pyrrole nitrogens is 1. The highest BCUT2D eigenvalue weighted by Gasteiger charge is 2.17.